The van der Waals surface area contributed by atoms with E-state index in [0.29, 0.717) is 30.9 Å². The topological polar surface area (TPSA) is 123 Å². The fourth-order valence-corrected chi connectivity index (χ4v) is 7.18. The summed E-state index contributed by atoms with van der Waals surface area (Å²) in [6, 6.07) is 24.6. The molecule has 3 aromatic rings. The fraction of sp³-hybridized carbons (Fsp3) is 0.394. The standard InChI is InChI=1S/C33H38N2O8S/c1-41-27-14-8-16-29(20-27)44(39,40)34(21-28-15-9-17-42-28)22-31(37)25(18-24-10-4-2-5-11-24)19-30(36)32-23-35(33(38)43-32)26-12-6-3-7-13-26/h2-8,10-14,16,20,25,28,31-32,37H,9,15,17-19,21-23H2,1H3/t25-,28-,31-,32+/m1/s1. The van der Waals surface area contributed by atoms with Crippen LogP contribution in [-0.4, -0.2) is 81.4 Å². The lowest BCUT2D eigenvalue weighted by atomic mass is 9.88. The van der Waals surface area contributed by atoms with Crippen LogP contribution < -0.4 is 9.64 Å². The third-order valence-corrected chi connectivity index (χ3v) is 9.92. The van der Waals surface area contributed by atoms with Gasteiger partial charge in [0.05, 0.1) is 30.8 Å². The highest BCUT2D eigenvalue weighted by Crippen LogP contribution is 2.28. The first-order valence-corrected chi connectivity index (χ1v) is 16.2. The van der Waals surface area contributed by atoms with Crippen molar-refractivity contribution in [1.82, 2.24) is 4.31 Å². The Hall–Kier alpha value is -3.77. The van der Waals surface area contributed by atoms with Crippen molar-refractivity contribution in [3.8, 4) is 5.75 Å². The van der Waals surface area contributed by atoms with Crippen molar-refractivity contribution in [2.75, 3.05) is 38.3 Å². The summed E-state index contributed by atoms with van der Waals surface area (Å²) >= 11 is 0. The fourth-order valence-electron chi connectivity index (χ4n) is 5.65. The predicted octanol–water partition coefficient (Wildman–Crippen LogP) is 4.07. The van der Waals surface area contributed by atoms with E-state index in [1.54, 1.807) is 36.4 Å². The maximum atomic E-state index is 13.9. The number of para-hydroxylation sites is 1. The number of amides is 1. The van der Waals surface area contributed by atoms with Crippen LogP contribution in [0.1, 0.15) is 24.8 Å². The number of Topliss-reactive ketones (excluding diaryl/α,β-unsaturated/α-hetero) is 1. The largest absolute Gasteiger partial charge is 0.497 e. The molecule has 2 saturated heterocycles. The number of methoxy groups -OCH3 is 1. The zero-order chi connectivity index (χ0) is 31.1. The molecule has 0 bridgehead atoms. The van der Waals surface area contributed by atoms with Crippen molar-refractivity contribution < 1.29 is 37.3 Å². The van der Waals surface area contributed by atoms with Gasteiger partial charge in [-0.1, -0.05) is 54.6 Å². The van der Waals surface area contributed by atoms with Crippen molar-refractivity contribution in [3.05, 3.63) is 90.5 Å². The Balaban J connectivity index is 1.37. The Morgan fingerprint density at radius 2 is 1.80 bits per heavy atom. The molecule has 2 heterocycles. The number of sulfonamides is 1. The Bertz CT molecular complexity index is 1510. The SMILES string of the molecule is COc1cccc(S(=O)(=O)N(C[C@H]2CCCO2)C[C@@H](O)[C@@H](CC(=O)[C@@H]2CN(c3ccccc3)C(=O)O2)Cc2ccccc2)c1. The van der Waals surface area contributed by atoms with E-state index in [9.17, 15) is 23.1 Å². The summed E-state index contributed by atoms with van der Waals surface area (Å²) in [4.78, 5) is 27.6. The maximum absolute atomic E-state index is 13.9. The van der Waals surface area contributed by atoms with Crippen molar-refractivity contribution in [3.63, 3.8) is 0 Å². The monoisotopic (exact) mass is 622 g/mol. The molecule has 0 spiro atoms. The molecule has 44 heavy (non-hydrogen) atoms. The lowest BCUT2D eigenvalue weighted by Gasteiger charge is -2.30. The average Bonchev–Trinajstić information content (AvgIpc) is 3.71. The number of hydrogen-bond acceptors (Lipinski definition) is 8. The molecule has 10 nitrogen and oxygen atoms in total. The van der Waals surface area contributed by atoms with Crippen LogP contribution in [0.15, 0.2) is 89.8 Å². The van der Waals surface area contributed by atoms with Crippen LogP contribution in [0.5, 0.6) is 5.75 Å². The molecule has 1 amide bonds. The van der Waals surface area contributed by atoms with Crippen LogP contribution in [0.3, 0.4) is 0 Å². The first-order chi connectivity index (χ1) is 21.2. The van der Waals surface area contributed by atoms with Crippen LogP contribution in [0.4, 0.5) is 10.5 Å². The van der Waals surface area contributed by atoms with E-state index in [0.717, 1.165) is 12.0 Å². The molecule has 3 aromatic carbocycles. The number of benzene rings is 3. The van der Waals surface area contributed by atoms with Gasteiger partial charge in [0.25, 0.3) is 0 Å². The third kappa shape index (κ3) is 7.65. The molecule has 0 saturated carbocycles. The summed E-state index contributed by atoms with van der Waals surface area (Å²) in [5.41, 5.74) is 1.52. The highest BCUT2D eigenvalue weighted by molar-refractivity contribution is 7.89. The van der Waals surface area contributed by atoms with Crippen LogP contribution in [0.2, 0.25) is 0 Å². The highest BCUT2D eigenvalue weighted by atomic mass is 32.2. The van der Waals surface area contributed by atoms with Crippen LogP contribution >= 0.6 is 0 Å². The number of rotatable bonds is 14. The number of hydrogen-bond donors (Lipinski definition) is 1. The minimum absolute atomic E-state index is 0.0385. The highest BCUT2D eigenvalue weighted by Gasteiger charge is 2.39. The molecule has 2 fully saturated rings. The molecule has 0 unspecified atom stereocenters. The third-order valence-electron chi connectivity index (χ3n) is 8.09. The van der Waals surface area contributed by atoms with Gasteiger partial charge < -0.3 is 19.3 Å². The molecule has 234 valence electrons. The summed E-state index contributed by atoms with van der Waals surface area (Å²) in [5, 5.41) is 11.7. The van der Waals surface area contributed by atoms with E-state index in [1.165, 1.54) is 28.4 Å². The number of anilines is 1. The second kappa shape index (κ2) is 14.3. The molecule has 11 heteroatoms. The van der Waals surface area contributed by atoms with Crippen LogP contribution in [0, 0.1) is 5.92 Å². The summed E-state index contributed by atoms with van der Waals surface area (Å²) in [6.45, 7) is 0.427. The van der Waals surface area contributed by atoms with E-state index in [1.807, 2.05) is 36.4 Å². The van der Waals surface area contributed by atoms with Crippen LogP contribution in [-0.2, 0) is 30.7 Å². The Labute approximate surface area is 258 Å². The lowest BCUT2D eigenvalue weighted by Crippen LogP contribution is -2.45. The summed E-state index contributed by atoms with van der Waals surface area (Å²) in [5.74, 6) is -0.591. The second-order valence-electron chi connectivity index (χ2n) is 11.1. The second-order valence-corrected chi connectivity index (χ2v) is 13.1. The molecular formula is C33H38N2O8S. The lowest BCUT2D eigenvalue weighted by molar-refractivity contribution is -0.127. The van der Waals surface area contributed by atoms with E-state index in [2.05, 4.69) is 0 Å². The Morgan fingerprint density at radius 1 is 1.07 bits per heavy atom. The van der Waals surface area contributed by atoms with E-state index in [-0.39, 0.29) is 42.8 Å². The van der Waals surface area contributed by atoms with E-state index >= 15 is 0 Å². The zero-order valence-corrected chi connectivity index (χ0v) is 25.5. The summed E-state index contributed by atoms with van der Waals surface area (Å²) in [7, 11) is -2.60. The van der Waals surface area contributed by atoms with Gasteiger partial charge in [0.2, 0.25) is 10.0 Å². The molecule has 1 N–H and O–H groups in total. The van der Waals surface area contributed by atoms with Crippen molar-refractivity contribution in [2.45, 2.75) is 48.9 Å². The number of ether oxygens (including phenoxy) is 3. The molecule has 2 aliphatic heterocycles. The van der Waals surface area contributed by atoms with Gasteiger partial charge in [-0.25, -0.2) is 13.2 Å². The number of aliphatic hydroxyl groups excluding tert-OH is 1. The van der Waals surface area contributed by atoms with Gasteiger partial charge >= 0.3 is 6.09 Å². The zero-order valence-electron chi connectivity index (χ0n) is 24.7. The number of cyclic esters (lactones) is 1. The minimum Gasteiger partial charge on any atom is -0.497 e. The summed E-state index contributed by atoms with van der Waals surface area (Å²) < 4.78 is 45.5. The quantitative estimate of drug-likeness (QED) is 0.286. The van der Waals surface area contributed by atoms with Crippen LogP contribution in [0.25, 0.3) is 0 Å². The van der Waals surface area contributed by atoms with E-state index < -0.39 is 34.2 Å². The van der Waals surface area contributed by atoms with Gasteiger partial charge in [0.15, 0.2) is 11.9 Å². The molecule has 5 rings (SSSR count). The van der Waals surface area contributed by atoms with E-state index in [4.69, 9.17) is 14.2 Å². The first kappa shape index (κ1) is 31.6. The van der Waals surface area contributed by atoms with Gasteiger partial charge in [-0.2, -0.15) is 4.31 Å². The summed E-state index contributed by atoms with van der Waals surface area (Å²) in [6.07, 6.45) is -1.38. The van der Waals surface area contributed by atoms with Gasteiger partial charge in [-0.05, 0) is 55.0 Å². The maximum Gasteiger partial charge on any atom is 0.415 e. The first-order valence-electron chi connectivity index (χ1n) is 14.8. The molecule has 0 aromatic heterocycles. The normalized spacial score (nSPS) is 20.0. The Morgan fingerprint density at radius 3 is 2.48 bits per heavy atom. The predicted molar refractivity (Wildman–Crippen MR) is 164 cm³/mol. The van der Waals surface area contributed by atoms with Crippen molar-refractivity contribution in [2.24, 2.45) is 5.92 Å². The number of carbonyl (C=O) groups is 2. The number of aliphatic hydroxyl groups is 1. The molecule has 4 atom stereocenters. The Kier molecular flexibility index (Phi) is 10.3. The van der Waals surface area contributed by atoms with Gasteiger partial charge in [0, 0.05) is 37.9 Å². The van der Waals surface area contributed by atoms with Gasteiger partial charge in [-0.15, -0.1) is 0 Å². The van der Waals surface area contributed by atoms with Gasteiger partial charge in [-0.3, -0.25) is 9.69 Å². The molecule has 0 radical (unpaired) electrons. The van der Waals surface area contributed by atoms with Crippen molar-refractivity contribution >= 4 is 27.6 Å². The average molecular weight is 623 g/mol. The number of ketones is 1. The van der Waals surface area contributed by atoms with Crippen molar-refractivity contribution in [1.29, 1.82) is 0 Å². The smallest absolute Gasteiger partial charge is 0.415 e. The molecular weight excluding hydrogens is 584 g/mol. The number of carbonyl (C=O) groups excluding carboxylic acids is 2. The minimum atomic E-state index is -4.06. The van der Waals surface area contributed by atoms with Gasteiger partial charge in [0.1, 0.15) is 5.75 Å². The molecule has 0 aliphatic carbocycles. The molecule has 2 aliphatic rings. The number of nitrogens with zero attached hydrogens (tertiary/aromatic N) is 2.